The number of benzene rings is 2. The van der Waals surface area contributed by atoms with Crippen molar-refractivity contribution in [3.63, 3.8) is 0 Å². The van der Waals surface area contributed by atoms with E-state index in [4.69, 9.17) is 9.47 Å². The van der Waals surface area contributed by atoms with Gasteiger partial charge in [0.25, 0.3) is 0 Å². The van der Waals surface area contributed by atoms with Crippen LogP contribution in [-0.4, -0.2) is 22.3 Å². The smallest absolute Gasteiger partial charge is 0.243 e. The summed E-state index contributed by atoms with van der Waals surface area (Å²) in [4.78, 5) is 0. The summed E-state index contributed by atoms with van der Waals surface area (Å²) in [5.41, 5.74) is 2.60. The highest BCUT2D eigenvalue weighted by atomic mass is 79.9. The van der Waals surface area contributed by atoms with E-state index in [1.54, 1.807) is 0 Å². The SMILES string of the molecule is CCCCCCCCCCCCOc1ccc(Cn2cc[n+](C)c2)cc1.CCCCCCCCCCCCOc1ccc(Cn2cc[n+](C)c2)cc1.[Br-].[Br-]. The number of aryl methyl sites for hydroxylation is 2. The summed E-state index contributed by atoms with van der Waals surface area (Å²) in [5.74, 6) is 1.98. The molecule has 0 unspecified atom stereocenters. The lowest BCUT2D eigenvalue weighted by Crippen LogP contribution is -3.00. The van der Waals surface area contributed by atoms with Crippen molar-refractivity contribution in [1.82, 2.24) is 9.13 Å². The quantitative estimate of drug-likeness (QED) is 0.0573. The Labute approximate surface area is 351 Å². The summed E-state index contributed by atoms with van der Waals surface area (Å²) < 4.78 is 20.2. The zero-order valence-electron chi connectivity index (χ0n) is 34.4. The minimum Gasteiger partial charge on any atom is -1.00 e. The lowest BCUT2D eigenvalue weighted by Gasteiger charge is -2.07. The zero-order chi connectivity index (χ0) is 36.9. The van der Waals surface area contributed by atoms with Crippen LogP contribution in [0.4, 0.5) is 0 Å². The second-order valence-corrected chi connectivity index (χ2v) is 14.9. The molecule has 0 aliphatic carbocycles. The Kier molecular flexibility index (Phi) is 29.9. The van der Waals surface area contributed by atoms with E-state index in [1.165, 1.54) is 127 Å². The molecule has 0 radical (unpaired) electrons. The highest BCUT2D eigenvalue weighted by Gasteiger charge is 2.04. The van der Waals surface area contributed by atoms with Gasteiger partial charge in [-0.2, -0.15) is 0 Å². The minimum atomic E-state index is 0. The van der Waals surface area contributed by atoms with Crippen LogP contribution in [-0.2, 0) is 27.2 Å². The van der Waals surface area contributed by atoms with Gasteiger partial charge < -0.3 is 43.4 Å². The summed E-state index contributed by atoms with van der Waals surface area (Å²) in [6, 6.07) is 17.0. The first-order valence-electron chi connectivity index (χ1n) is 21.0. The van der Waals surface area contributed by atoms with Gasteiger partial charge in [-0.05, 0) is 48.2 Å². The van der Waals surface area contributed by atoms with Crippen molar-refractivity contribution in [2.45, 2.75) is 155 Å². The molecule has 0 amide bonds. The molecular formula is C46H74Br2N4O2. The number of unbranched alkanes of at least 4 members (excludes halogenated alkanes) is 18. The molecule has 0 aliphatic heterocycles. The summed E-state index contributed by atoms with van der Waals surface area (Å²) >= 11 is 0. The normalized spacial score (nSPS) is 10.6. The van der Waals surface area contributed by atoms with E-state index in [0.29, 0.717) is 0 Å². The molecule has 2 aromatic heterocycles. The van der Waals surface area contributed by atoms with E-state index in [1.807, 2.05) is 14.1 Å². The topological polar surface area (TPSA) is 36.1 Å². The van der Waals surface area contributed by atoms with Gasteiger partial charge in [0.1, 0.15) is 49.4 Å². The van der Waals surface area contributed by atoms with Gasteiger partial charge in [0.2, 0.25) is 12.7 Å². The molecule has 0 spiro atoms. The number of nitrogens with zero attached hydrogens (tertiary/aromatic N) is 4. The predicted molar refractivity (Wildman–Crippen MR) is 217 cm³/mol. The number of imidazole rings is 2. The Bertz CT molecular complexity index is 1300. The van der Waals surface area contributed by atoms with Crippen LogP contribution in [0.3, 0.4) is 0 Å². The van der Waals surface area contributed by atoms with E-state index in [-0.39, 0.29) is 34.0 Å². The van der Waals surface area contributed by atoms with Gasteiger partial charge in [-0.1, -0.05) is 154 Å². The van der Waals surface area contributed by atoms with Gasteiger partial charge in [-0.25, -0.2) is 18.3 Å². The van der Waals surface area contributed by atoms with Crippen molar-refractivity contribution in [3.8, 4) is 11.5 Å². The lowest BCUT2D eigenvalue weighted by atomic mass is 10.1. The molecule has 2 heterocycles. The maximum absolute atomic E-state index is 5.88. The first-order chi connectivity index (χ1) is 25.6. The van der Waals surface area contributed by atoms with Gasteiger partial charge in [0.15, 0.2) is 0 Å². The third-order valence-corrected chi connectivity index (χ3v) is 9.76. The molecule has 0 fully saturated rings. The maximum Gasteiger partial charge on any atom is 0.243 e. The van der Waals surface area contributed by atoms with Crippen LogP contribution < -0.4 is 52.6 Å². The third kappa shape index (κ3) is 24.0. The van der Waals surface area contributed by atoms with Gasteiger partial charge in [0, 0.05) is 0 Å². The average molecular weight is 875 g/mol. The van der Waals surface area contributed by atoms with Crippen LogP contribution in [0.15, 0.2) is 86.0 Å². The second kappa shape index (κ2) is 32.6. The number of rotatable bonds is 28. The first kappa shape index (κ1) is 49.4. The van der Waals surface area contributed by atoms with Crippen molar-refractivity contribution in [3.05, 3.63) is 97.1 Å². The van der Waals surface area contributed by atoms with Gasteiger partial charge in [-0.3, -0.25) is 0 Å². The highest BCUT2D eigenvalue weighted by molar-refractivity contribution is 5.28. The molecule has 0 atom stereocenters. The molecular weight excluding hydrogens is 800 g/mol. The molecule has 54 heavy (non-hydrogen) atoms. The number of hydrogen-bond acceptors (Lipinski definition) is 2. The number of hydrogen-bond donors (Lipinski definition) is 0. The van der Waals surface area contributed by atoms with Crippen LogP contribution in [0.1, 0.15) is 153 Å². The molecule has 4 rings (SSSR count). The van der Waals surface area contributed by atoms with Crippen molar-refractivity contribution in [1.29, 1.82) is 0 Å². The van der Waals surface area contributed by atoms with E-state index < -0.39 is 0 Å². The van der Waals surface area contributed by atoms with Gasteiger partial charge in [-0.15, -0.1) is 0 Å². The largest absolute Gasteiger partial charge is 1.00 e. The molecule has 0 saturated heterocycles. The fourth-order valence-corrected chi connectivity index (χ4v) is 6.55. The third-order valence-electron chi connectivity index (χ3n) is 9.76. The Morgan fingerprint density at radius 2 is 0.722 bits per heavy atom. The molecule has 2 aromatic carbocycles. The molecule has 6 nitrogen and oxygen atoms in total. The number of ether oxygens (including phenoxy) is 2. The highest BCUT2D eigenvalue weighted by Crippen LogP contribution is 2.16. The Balaban J connectivity index is 0.000000521. The number of halogens is 2. The summed E-state index contributed by atoms with van der Waals surface area (Å²) in [5, 5.41) is 0. The molecule has 4 aromatic rings. The minimum absolute atomic E-state index is 0. The van der Waals surface area contributed by atoms with Crippen LogP contribution in [0.25, 0.3) is 0 Å². The van der Waals surface area contributed by atoms with Crippen molar-refractivity contribution < 1.29 is 52.6 Å². The van der Waals surface area contributed by atoms with Crippen LogP contribution >= 0.6 is 0 Å². The van der Waals surface area contributed by atoms with Crippen molar-refractivity contribution in [2.75, 3.05) is 13.2 Å². The molecule has 304 valence electrons. The van der Waals surface area contributed by atoms with Crippen molar-refractivity contribution >= 4 is 0 Å². The van der Waals surface area contributed by atoms with E-state index in [9.17, 15) is 0 Å². The van der Waals surface area contributed by atoms with E-state index in [0.717, 1.165) is 50.6 Å². The Morgan fingerprint density at radius 1 is 0.426 bits per heavy atom. The summed E-state index contributed by atoms with van der Waals surface area (Å²) in [6.07, 6.45) is 39.7. The van der Waals surface area contributed by atoms with E-state index >= 15 is 0 Å². The monoisotopic (exact) mass is 872 g/mol. The van der Waals surface area contributed by atoms with Crippen LogP contribution in [0.2, 0.25) is 0 Å². The number of aromatic nitrogens is 4. The van der Waals surface area contributed by atoms with E-state index in [2.05, 4.69) is 118 Å². The van der Waals surface area contributed by atoms with Crippen molar-refractivity contribution in [2.24, 2.45) is 14.1 Å². The first-order valence-corrected chi connectivity index (χ1v) is 21.0. The standard InChI is InChI=1S/2C23H37N2O.2BrH/c2*1-3-4-5-6-7-8-9-10-11-12-19-26-23-15-13-22(14-16-23)20-25-18-17-24(2)21-25;;/h2*13-18,21H,3-12,19-20H2,1-2H3;2*1H/q2*+1;;/p-2. The average Bonchev–Trinajstić information content (AvgIpc) is 3.77. The fourth-order valence-electron chi connectivity index (χ4n) is 6.55. The maximum atomic E-state index is 5.88. The molecule has 0 saturated carbocycles. The molecule has 0 bridgehead atoms. The Hall–Kier alpha value is -2.58. The summed E-state index contributed by atoms with van der Waals surface area (Å²) in [7, 11) is 4.09. The lowest BCUT2D eigenvalue weighted by molar-refractivity contribution is -0.671. The van der Waals surface area contributed by atoms with Gasteiger partial charge >= 0.3 is 0 Å². The molecule has 8 heteroatoms. The summed E-state index contributed by atoms with van der Waals surface area (Å²) in [6.45, 7) is 8.03. The second-order valence-electron chi connectivity index (χ2n) is 14.9. The fraction of sp³-hybridized carbons (Fsp3) is 0.609. The predicted octanol–water partition coefficient (Wildman–Crippen LogP) is 5.33. The molecule has 0 N–H and O–H groups in total. The van der Waals surface area contributed by atoms with Crippen LogP contribution in [0.5, 0.6) is 11.5 Å². The van der Waals surface area contributed by atoms with Crippen LogP contribution in [0, 0.1) is 0 Å². The molecule has 0 aliphatic rings. The van der Waals surface area contributed by atoms with Gasteiger partial charge in [0.05, 0.1) is 27.3 Å². The zero-order valence-corrected chi connectivity index (χ0v) is 37.6. The Morgan fingerprint density at radius 3 is 1.00 bits per heavy atom.